The van der Waals surface area contributed by atoms with Crippen LogP contribution >= 0.6 is 11.3 Å². The molecule has 0 aliphatic carbocycles. The number of para-hydroxylation sites is 2. The van der Waals surface area contributed by atoms with Gasteiger partial charge in [-0.25, -0.2) is 0 Å². The van der Waals surface area contributed by atoms with Crippen molar-refractivity contribution in [1.82, 2.24) is 4.57 Å². The minimum Gasteiger partial charge on any atom is -0.309 e. The number of hydrogen-bond donors (Lipinski definition) is 0. The highest BCUT2D eigenvalue weighted by atomic mass is 32.1. The fourth-order valence-electron chi connectivity index (χ4n) is 7.06. The molecule has 0 spiro atoms. The quantitative estimate of drug-likeness (QED) is 0.195. The van der Waals surface area contributed by atoms with Crippen LogP contribution in [0.2, 0.25) is 0 Å². The van der Waals surface area contributed by atoms with Crippen molar-refractivity contribution in [1.29, 1.82) is 10.5 Å². The van der Waals surface area contributed by atoms with E-state index in [0.717, 1.165) is 75.7 Å². The van der Waals surface area contributed by atoms with E-state index in [1.807, 2.05) is 36.4 Å². The van der Waals surface area contributed by atoms with Gasteiger partial charge < -0.3 is 4.57 Å². The monoisotopic (exact) mass is 627 g/mol. The van der Waals surface area contributed by atoms with E-state index in [-0.39, 0.29) is 0 Å². The first-order valence-corrected chi connectivity index (χ1v) is 16.6. The molecule has 0 bridgehead atoms. The maximum absolute atomic E-state index is 10.7. The summed E-state index contributed by atoms with van der Waals surface area (Å²) in [7, 11) is 0. The van der Waals surface area contributed by atoms with Crippen molar-refractivity contribution in [3.8, 4) is 51.2 Å². The molecular weight excluding hydrogens is 603 g/mol. The molecule has 0 aliphatic rings. The lowest BCUT2D eigenvalue weighted by Crippen LogP contribution is -1.94. The highest BCUT2D eigenvalue weighted by Gasteiger charge is 2.19. The lowest BCUT2D eigenvalue weighted by Gasteiger charge is -2.15. The first kappa shape index (κ1) is 27.8. The minimum absolute atomic E-state index is 0.651. The summed E-state index contributed by atoms with van der Waals surface area (Å²) in [5.74, 6) is 0. The molecular formula is C44H25N3S. The molecule has 0 atom stereocenters. The van der Waals surface area contributed by atoms with Crippen molar-refractivity contribution >= 4 is 53.3 Å². The summed E-state index contributed by atoms with van der Waals surface area (Å²) >= 11 is 1.66. The van der Waals surface area contributed by atoms with E-state index in [9.17, 15) is 10.5 Å². The van der Waals surface area contributed by atoms with E-state index in [2.05, 4.69) is 132 Å². The second-order valence-corrected chi connectivity index (χ2v) is 13.0. The molecule has 48 heavy (non-hydrogen) atoms. The van der Waals surface area contributed by atoms with Gasteiger partial charge in [-0.3, -0.25) is 0 Å². The Morgan fingerprint density at radius 3 is 1.94 bits per heavy atom. The van der Waals surface area contributed by atoms with Crippen LogP contribution in [0.4, 0.5) is 0 Å². The maximum atomic E-state index is 10.7. The molecule has 0 amide bonds. The molecule has 3 nitrogen and oxygen atoms in total. The van der Waals surface area contributed by atoms with Gasteiger partial charge in [0.1, 0.15) is 12.1 Å². The molecule has 0 saturated heterocycles. The van der Waals surface area contributed by atoms with Crippen LogP contribution in [0.15, 0.2) is 152 Å². The van der Waals surface area contributed by atoms with Crippen LogP contribution < -0.4 is 0 Å². The summed E-state index contributed by atoms with van der Waals surface area (Å²) in [5.41, 5.74) is 10.6. The Hall–Kier alpha value is -6.46. The zero-order valence-corrected chi connectivity index (χ0v) is 26.5. The van der Waals surface area contributed by atoms with Crippen LogP contribution in [0.25, 0.3) is 81.0 Å². The third kappa shape index (κ3) is 4.32. The van der Waals surface area contributed by atoms with E-state index in [1.54, 1.807) is 11.3 Å². The Labute approximate surface area is 281 Å². The molecule has 222 valence electrons. The number of nitrogens with zero attached hydrogens (tertiary/aromatic N) is 3. The van der Waals surface area contributed by atoms with Crippen molar-refractivity contribution in [3.05, 3.63) is 163 Å². The van der Waals surface area contributed by atoms with Crippen LogP contribution in [0.1, 0.15) is 11.1 Å². The van der Waals surface area contributed by atoms with Gasteiger partial charge in [0.15, 0.2) is 0 Å². The molecule has 4 heteroatoms. The second-order valence-electron chi connectivity index (χ2n) is 12.0. The standard InChI is InChI=1S/C44H25N3S/c45-26-31-12-9-16-36-35-20-18-29(25-43(35)48-44(31)36)32-23-37(28-10-3-1-4-11-28)40(27-46)38(24-32)30-19-21-42-39(22-30)34-15-7-8-17-41(34)47(42)33-13-5-2-6-14-33/h1-25H. The number of thiophene rings is 1. The van der Waals surface area contributed by atoms with Crippen molar-refractivity contribution in [2.45, 2.75) is 0 Å². The molecule has 0 fully saturated rings. The van der Waals surface area contributed by atoms with Gasteiger partial charge in [-0.05, 0) is 76.9 Å². The van der Waals surface area contributed by atoms with Gasteiger partial charge in [0.05, 0.1) is 26.9 Å². The summed E-state index contributed by atoms with van der Waals surface area (Å²) in [6.45, 7) is 0. The normalized spacial score (nSPS) is 11.3. The van der Waals surface area contributed by atoms with Gasteiger partial charge in [0.2, 0.25) is 0 Å². The van der Waals surface area contributed by atoms with Gasteiger partial charge in [-0.15, -0.1) is 11.3 Å². The van der Waals surface area contributed by atoms with Crippen LogP contribution in [0.5, 0.6) is 0 Å². The third-order valence-corrected chi connectivity index (χ3v) is 10.5. The second kappa shape index (κ2) is 11.1. The lowest BCUT2D eigenvalue weighted by molar-refractivity contribution is 1.18. The summed E-state index contributed by atoms with van der Waals surface area (Å²) in [6, 6.07) is 57.4. The Kier molecular flexibility index (Phi) is 6.44. The smallest absolute Gasteiger partial charge is 0.101 e. The molecule has 0 aliphatic heterocycles. The Morgan fingerprint density at radius 1 is 0.458 bits per heavy atom. The molecule has 0 unspecified atom stereocenters. The van der Waals surface area contributed by atoms with Crippen LogP contribution in [0, 0.1) is 22.7 Å². The fraction of sp³-hybridized carbons (Fsp3) is 0. The number of fused-ring (bicyclic) bond motifs is 6. The number of aromatic nitrogens is 1. The minimum atomic E-state index is 0.651. The number of benzene rings is 7. The summed E-state index contributed by atoms with van der Waals surface area (Å²) < 4.78 is 4.46. The van der Waals surface area contributed by atoms with E-state index >= 15 is 0 Å². The molecule has 2 heterocycles. The highest BCUT2D eigenvalue weighted by Crippen LogP contribution is 2.42. The molecule has 0 saturated carbocycles. The highest BCUT2D eigenvalue weighted by molar-refractivity contribution is 7.26. The fourth-order valence-corrected chi connectivity index (χ4v) is 8.27. The topological polar surface area (TPSA) is 52.5 Å². The average Bonchev–Trinajstić information content (AvgIpc) is 3.70. The van der Waals surface area contributed by atoms with Crippen LogP contribution in [-0.4, -0.2) is 4.57 Å². The molecule has 9 aromatic rings. The SMILES string of the molecule is N#Cc1c(-c2ccccc2)cc(-c2ccc3c(c2)sc2c(C#N)cccc23)cc1-c1ccc2c(c1)c1ccccc1n2-c1ccccc1. The largest absolute Gasteiger partial charge is 0.309 e. The van der Waals surface area contributed by atoms with Crippen molar-refractivity contribution < 1.29 is 0 Å². The summed E-state index contributed by atoms with van der Waals surface area (Å²) in [5, 5.41) is 25.0. The molecule has 0 N–H and O–H groups in total. The maximum Gasteiger partial charge on any atom is 0.101 e. The molecule has 9 rings (SSSR count). The molecule has 7 aromatic carbocycles. The Morgan fingerprint density at radius 2 is 1.15 bits per heavy atom. The number of nitriles is 2. The van der Waals surface area contributed by atoms with Gasteiger partial charge in [-0.2, -0.15) is 10.5 Å². The van der Waals surface area contributed by atoms with Crippen LogP contribution in [-0.2, 0) is 0 Å². The van der Waals surface area contributed by atoms with E-state index < -0.39 is 0 Å². The predicted molar refractivity (Wildman–Crippen MR) is 199 cm³/mol. The Bertz CT molecular complexity index is 2790. The molecule has 2 aromatic heterocycles. The van der Waals surface area contributed by atoms with Gasteiger partial charge >= 0.3 is 0 Å². The predicted octanol–water partition coefficient (Wildman–Crippen LogP) is 11.9. The van der Waals surface area contributed by atoms with Crippen LogP contribution in [0.3, 0.4) is 0 Å². The van der Waals surface area contributed by atoms with Gasteiger partial charge in [0.25, 0.3) is 0 Å². The van der Waals surface area contributed by atoms with E-state index in [1.165, 1.54) is 5.39 Å². The van der Waals surface area contributed by atoms with E-state index in [0.29, 0.717) is 11.1 Å². The number of rotatable bonds is 4. The first-order valence-electron chi connectivity index (χ1n) is 15.8. The third-order valence-electron chi connectivity index (χ3n) is 9.29. The average molecular weight is 628 g/mol. The van der Waals surface area contributed by atoms with Crippen molar-refractivity contribution in [3.63, 3.8) is 0 Å². The Balaban J connectivity index is 1.29. The van der Waals surface area contributed by atoms with Gasteiger partial charge in [-0.1, -0.05) is 97.1 Å². The van der Waals surface area contributed by atoms with E-state index in [4.69, 9.17) is 0 Å². The lowest BCUT2D eigenvalue weighted by atomic mass is 9.88. The van der Waals surface area contributed by atoms with Crippen molar-refractivity contribution in [2.75, 3.05) is 0 Å². The zero-order valence-electron chi connectivity index (χ0n) is 25.7. The summed E-state index contributed by atoms with van der Waals surface area (Å²) in [4.78, 5) is 0. The first-order chi connectivity index (χ1) is 23.7. The van der Waals surface area contributed by atoms with Crippen molar-refractivity contribution in [2.24, 2.45) is 0 Å². The number of hydrogen-bond acceptors (Lipinski definition) is 3. The molecule has 0 radical (unpaired) electrons. The van der Waals surface area contributed by atoms with Gasteiger partial charge in [0, 0.05) is 43.1 Å². The zero-order chi connectivity index (χ0) is 32.2. The summed E-state index contributed by atoms with van der Waals surface area (Å²) in [6.07, 6.45) is 0.